The fraction of sp³-hybridized carbons (Fsp3) is 0.647. The second-order valence-electron chi connectivity index (χ2n) is 5.36. The minimum Gasteiger partial charge on any atom is -0.0925 e. The fourth-order valence-corrected chi connectivity index (χ4v) is 3.09. The van der Waals surface area contributed by atoms with Gasteiger partial charge in [-0.25, -0.2) is 0 Å². The molecule has 0 saturated heterocycles. The van der Waals surface area contributed by atoms with Gasteiger partial charge in [-0.05, 0) is 30.2 Å². The Bertz CT molecular complexity index is 294. The van der Waals surface area contributed by atoms with Gasteiger partial charge in [-0.2, -0.15) is 0 Å². The molecule has 2 atom stereocenters. The van der Waals surface area contributed by atoms with Crippen molar-refractivity contribution in [1.82, 2.24) is 0 Å². The van der Waals surface area contributed by atoms with Crippen LogP contribution in [0.2, 0.25) is 0 Å². The highest BCUT2D eigenvalue weighted by molar-refractivity contribution is 9.09. The van der Waals surface area contributed by atoms with Gasteiger partial charge in [0.2, 0.25) is 0 Å². The van der Waals surface area contributed by atoms with Gasteiger partial charge in [-0.3, -0.25) is 0 Å². The lowest BCUT2D eigenvalue weighted by atomic mass is 9.86. The molecule has 1 aromatic rings. The van der Waals surface area contributed by atoms with Crippen LogP contribution in [-0.4, -0.2) is 5.33 Å². The Morgan fingerprint density at radius 2 is 1.78 bits per heavy atom. The number of halogens is 1. The molecule has 0 heterocycles. The largest absolute Gasteiger partial charge is 0.0925 e. The van der Waals surface area contributed by atoms with E-state index in [0.717, 1.165) is 17.2 Å². The smallest absolute Gasteiger partial charge is 0.00629 e. The van der Waals surface area contributed by atoms with E-state index in [1.807, 2.05) is 0 Å². The molecular formula is C17H27Br. The second kappa shape index (κ2) is 9.61. The summed E-state index contributed by atoms with van der Waals surface area (Å²) in [6.45, 7) is 4.63. The van der Waals surface area contributed by atoms with Gasteiger partial charge >= 0.3 is 0 Å². The van der Waals surface area contributed by atoms with Crippen LogP contribution >= 0.6 is 15.9 Å². The third-order valence-electron chi connectivity index (χ3n) is 3.80. The molecule has 1 heteroatoms. The number of unbranched alkanes of at least 4 members (excludes halogenated alkanes) is 1. The monoisotopic (exact) mass is 310 g/mol. The van der Waals surface area contributed by atoms with Crippen molar-refractivity contribution in [3.8, 4) is 0 Å². The van der Waals surface area contributed by atoms with Crippen molar-refractivity contribution in [1.29, 1.82) is 0 Å². The Balaban J connectivity index is 2.45. The number of hydrogen-bond donors (Lipinski definition) is 0. The molecule has 2 unspecified atom stereocenters. The first-order valence-electron chi connectivity index (χ1n) is 7.40. The van der Waals surface area contributed by atoms with Crippen LogP contribution in [0.5, 0.6) is 0 Å². The van der Waals surface area contributed by atoms with Crippen LogP contribution in [0.1, 0.15) is 51.5 Å². The van der Waals surface area contributed by atoms with Gasteiger partial charge in [0.25, 0.3) is 0 Å². The molecule has 102 valence electrons. The summed E-state index contributed by atoms with van der Waals surface area (Å²) in [5, 5.41) is 1.13. The van der Waals surface area contributed by atoms with Gasteiger partial charge in [-0.1, -0.05) is 85.8 Å². The average molecular weight is 311 g/mol. The molecule has 0 nitrogen and oxygen atoms in total. The molecule has 0 fully saturated rings. The first-order chi connectivity index (χ1) is 8.80. The van der Waals surface area contributed by atoms with E-state index in [1.54, 1.807) is 0 Å². The Morgan fingerprint density at radius 1 is 1.06 bits per heavy atom. The molecule has 0 bridgehead atoms. The Hall–Kier alpha value is -0.300. The maximum absolute atomic E-state index is 3.70. The number of alkyl halides is 1. The van der Waals surface area contributed by atoms with Crippen molar-refractivity contribution in [2.24, 2.45) is 11.8 Å². The summed E-state index contributed by atoms with van der Waals surface area (Å²) < 4.78 is 0. The van der Waals surface area contributed by atoms with Gasteiger partial charge in [0.05, 0.1) is 0 Å². The molecule has 0 saturated carbocycles. The van der Waals surface area contributed by atoms with Gasteiger partial charge in [0.1, 0.15) is 0 Å². The van der Waals surface area contributed by atoms with E-state index in [0.29, 0.717) is 0 Å². The standard InChI is InChI=1S/C17H27Br/c1-3-5-9-15(4-2)12-17(14-18)13-16-10-7-6-8-11-16/h6-8,10-11,15,17H,3-5,9,12-14H2,1-2H3. The topological polar surface area (TPSA) is 0 Å². The second-order valence-corrected chi connectivity index (χ2v) is 6.01. The van der Waals surface area contributed by atoms with Crippen molar-refractivity contribution in [2.75, 3.05) is 5.33 Å². The molecule has 0 aliphatic carbocycles. The van der Waals surface area contributed by atoms with E-state index in [2.05, 4.69) is 60.1 Å². The number of benzene rings is 1. The normalized spacial score (nSPS) is 14.4. The third kappa shape index (κ3) is 6.04. The molecule has 0 amide bonds. The SMILES string of the molecule is CCCCC(CC)CC(CBr)Cc1ccccc1. The minimum atomic E-state index is 0.786. The molecular weight excluding hydrogens is 284 g/mol. The number of rotatable bonds is 9. The zero-order valence-electron chi connectivity index (χ0n) is 11.9. The lowest BCUT2D eigenvalue weighted by Crippen LogP contribution is -2.12. The van der Waals surface area contributed by atoms with Gasteiger partial charge in [0, 0.05) is 5.33 Å². The Morgan fingerprint density at radius 3 is 2.33 bits per heavy atom. The molecule has 0 N–H and O–H groups in total. The minimum absolute atomic E-state index is 0.786. The maximum Gasteiger partial charge on any atom is 0.00629 e. The highest BCUT2D eigenvalue weighted by Gasteiger charge is 2.14. The van der Waals surface area contributed by atoms with Crippen molar-refractivity contribution < 1.29 is 0 Å². The molecule has 1 rings (SSSR count). The first kappa shape index (κ1) is 15.8. The predicted molar refractivity (Wildman–Crippen MR) is 85.4 cm³/mol. The molecule has 18 heavy (non-hydrogen) atoms. The maximum atomic E-state index is 3.70. The molecule has 0 radical (unpaired) electrons. The zero-order valence-corrected chi connectivity index (χ0v) is 13.5. The van der Waals surface area contributed by atoms with Gasteiger partial charge in [-0.15, -0.1) is 0 Å². The average Bonchev–Trinajstić information content (AvgIpc) is 2.43. The van der Waals surface area contributed by atoms with Crippen molar-refractivity contribution >= 4 is 15.9 Å². The Labute approximate surface area is 121 Å². The van der Waals surface area contributed by atoms with Crippen LogP contribution in [0, 0.1) is 11.8 Å². The lowest BCUT2D eigenvalue weighted by molar-refractivity contribution is 0.355. The van der Waals surface area contributed by atoms with Gasteiger partial charge in [0.15, 0.2) is 0 Å². The van der Waals surface area contributed by atoms with E-state index in [9.17, 15) is 0 Å². The van der Waals surface area contributed by atoms with Crippen molar-refractivity contribution in [3.05, 3.63) is 35.9 Å². The summed E-state index contributed by atoms with van der Waals surface area (Å²) >= 11 is 3.70. The zero-order chi connectivity index (χ0) is 13.2. The molecule has 1 aromatic carbocycles. The van der Waals surface area contributed by atoms with E-state index in [4.69, 9.17) is 0 Å². The van der Waals surface area contributed by atoms with Crippen molar-refractivity contribution in [3.63, 3.8) is 0 Å². The highest BCUT2D eigenvalue weighted by atomic mass is 79.9. The van der Waals surface area contributed by atoms with E-state index >= 15 is 0 Å². The summed E-state index contributed by atoms with van der Waals surface area (Å²) in [5.74, 6) is 1.70. The van der Waals surface area contributed by atoms with Crippen LogP contribution in [-0.2, 0) is 6.42 Å². The molecule has 0 aromatic heterocycles. The van der Waals surface area contributed by atoms with Crippen LogP contribution in [0.25, 0.3) is 0 Å². The summed E-state index contributed by atoms with van der Waals surface area (Å²) in [4.78, 5) is 0. The van der Waals surface area contributed by atoms with E-state index in [-0.39, 0.29) is 0 Å². The Kier molecular flexibility index (Phi) is 8.41. The number of hydrogen-bond acceptors (Lipinski definition) is 0. The fourth-order valence-electron chi connectivity index (χ4n) is 2.60. The lowest BCUT2D eigenvalue weighted by Gasteiger charge is -2.21. The quantitative estimate of drug-likeness (QED) is 0.502. The van der Waals surface area contributed by atoms with Crippen LogP contribution in [0.3, 0.4) is 0 Å². The van der Waals surface area contributed by atoms with Crippen LogP contribution < -0.4 is 0 Å². The van der Waals surface area contributed by atoms with Crippen LogP contribution in [0.4, 0.5) is 0 Å². The molecule has 0 aliphatic heterocycles. The summed E-state index contributed by atoms with van der Waals surface area (Å²) in [6.07, 6.45) is 8.04. The van der Waals surface area contributed by atoms with Gasteiger partial charge < -0.3 is 0 Å². The summed E-state index contributed by atoms with van der Waals surface area (Å²) in [7, 11) is 0. The molecule has 0 aliphatic rings. The third-order valence-corrected chi connectivity index (χ3v) is 4.71. The first-order valence-corrected chi connectivity index (χ1v) is 8.52. The van der Waals surface area contributed by atoms with E-state index in [1.165, 1.54) is 44.1 Å². The highest BCUT2D eigenvalue weighted by Crippen LogP contribution is 2.25. The van der Waals surface area contributed by atoms with Crippen LogP contribution in [0.15, 0.2) is 30.3 Å². The van der Waals surface area contributed by atoms with Crippen molar-refractivity contribution in [2.45, 2.75) is 52.4 Å². The summed E-state index contributed by atoms with van der Waals surface area (Å²) in [6, 6.07) is 10.9. The predicted octanol–water partition coefficient (Wildman–Crippen LogP) is 5.85. The van der Waals surface area contributed by atoms with E-state index < -0.39 is 0 Å². The summed E-state index contributed by atoms with van der Waals surface area (Å²) in [5.41, 5.74) is 1.48. The molecule has 0 spiro atoms.